The molecule has 2 atom stereocenters. The number of anilines is 1. The van der Waals surface area contributed by atoms with Crippen LogP contribution in [0.4, 0.5) is 5.69 Å². The van der Waals surface area contributed by atoms with Crippen LogP contribution in [0.2, 0.25) is 5.02 Å². The number of carbonyl (C=O) groups excluding carboxylic acids is 2. The average molecular weight is 519 g/mol. The number of nitrogens with zero attached hydrogens (tertiary/aromatic N) is 2. The SMILES string of the molecule is Cc1cc[n+]([O-])c(C)c1-c1ccc(NC(=O)[C@@H](NC(=O)c2conc2C)C(C)c2ccccc2Cl)cc1. The molecule has 2 heterocycles. The minimum Gasteiger partial charge on any atom is -0.618 e. The third kappa shape index (κ3) is 5.49. The van der Waals surface area contributed by atoms with Gasteiger partial charge in [0, 0.05) is 29.6 Å². The minimum absolute atomic E-state index is 0.248. The summed E-state index contributed by atoms with van der Waals surface area (Å²) >= 11 is 6.41. The number of halogens is 1. The summed E-state index contributed by atoms with van der Waals surface area (Å²) in [4.78, 5) is 26.4. The molecule has 0 aliphatic carbocycles. The van der Waals surface area contributed by atoms with E-state index in [1.807, 2.05) is 38.1 Å². The van der Waals surface area contributed by atoms with Crippen LogP contribution in [-0.4, -0.2) is 23.0 Å². The number of amides is 2. The van der Waals surface area contributed by atoms with Crippen LogP contribution in [0.3, 0.4) is 0 Å². The van der Waals surface area contributed by atoms with Gasteiger partial charge >= 0.3 is 0 Å². The summed E-state index contributed by atoms with van der Waals surface area (Å²) in [6.45, 7) is 7.19. The van der Waals surface area contributed by atoms with Gasteiger partial charge in [0.25, 0.3) is 5.91 Å². The standard InChI is InChI=1S/C28H27ClN4O4/c1-16-13-14-33(36)19(4)25(16)20-9-11-21(12-10-20)30-28(35)26(17(2)22-7-5-6-8-24(22)29)31-27(34)23-15-37-32-18(23)3/h5-15,17,26H,1-4H3,(H,30,35)(H,31,34)/t17?,26-/m0/s1. The largest absolute Gasteiger partial charge is 0.618 e. The normalized spacial score (nSPS) is 12.6. The van der Waals surface area contributed by atoms with E-state index >= 15 is 0 Å². The molecule has 0 saturated heterocycles. The fourth-order valence-corrected chi connectivity index (χ4v) is 4.63. The Bertz CT molecular complexity index is 1450. The van der Waals surface area contributed by atoms with Crippen LogP contribution < -0.4 is 15.4 Å². The fraction of sp³-hybridized carbons (Fsp3) is 0.214. The van der Waals surface area contributed by atoms with Crippen LogP contribution in [0.5, 0.6) is 0 Å². The number of benzene rings is 2. The first-order valence-corrected chi connectivity index (χ1v) is 12.1. The summed E-state index contributed by atoms with van der Waals surface area (Å²) < 4.78 is 5.72. The molecule has 0 bridgehead atoms. The first-order chi connectivity index (χ1) is 17.7. The van der Waals surface area contributed by atoms with Gasteiger partial charge in [0.1, 0.15) is 17.9 Å². The lowest BCUT2D eigenvalue weighted by molar-refractivity contribution is -0.611. The number of pyridine rings is 1. The summed E-state index contributed by atoms with van der Waals surface area (Å²) in [6, 6.07) is 15.2. The quantitative estimate of drug-likeness (QED) is 0.261. The number of carbonyl (C=O) groups is 2. The van der Waals surface area contributed by atoms with E-state index in [9.17, 15) is 14.8 Å². The molecule has 0 aliphatic rings. The molecule has 0 aliphatic heterocycles. The van der Waals surface area contributed by atoms with E-state index in [1.54, 1.807) is 44.2 Å². The number of hydrogen-bond acceptors (Lipinski definition) is 5. The number of aromatic nitrogens is 2. The van der Waals surface area contributed by atoms with Crippen molar-refractivity contribution in [1.82, 2.24) is 10.5 Å². The highest BCUT2D eigenvalue weighted by atomic mass is 35.5. The molecule has 8 nitrogen and oxygen atoms in total. The van der Waals surface area contributed by atoms with E-state index in [0.717, 1.165) is 27.0 Å². The Labute approximate surface area is 219 Å². The lowest BCUT2D eigenvalue weighted by Crippen LogP contribution is -2.47. The van der Waals surface area contributed by atoms with Gasteiger partial charge in [-0.2, -0.15) is 4.73 Å². The van der Waals surface area contributed by atoms with Crippen LogP contribution in [0.1, 0.15) is 45.7 Å². The summed E-state index contributed by atoms with van der Waals surface area (Å²) in [7, 11) is 0. The van der Waals surface area contributed by atoms with Crippen LogP contribution >= 0.6 is 11.6 Å². The molecule has 0 spiro atoms. The minimum atomic E-state index is -0.945. The second kappa shape index (κ2) is 10.8. The van der Waals surface area contributed by atoms with Gasteiger partial charge in [0.05, 0.1) is 11.3 Å². The van der Waals surface area contributed by atoms with Gasteiger partial charge in [0.2, 0.25) is 5.91 Å². The lowest BCUT2D eigenvalue weighted by Gasteiger charge is -2.25. The summed E-state index contributed by atoms with van der Waals surface area (Å²) in [5.74, 6) is -1.33. The van der Waals surface area contributed by atoms with Crippen LogP contribution in [0, 0.1) is 26.0 Å². The zero-order valence-electron chi connectivity index (χ0n) is 20.9. The zero-order chi connectivity index (χ0) is 26.7. The van der Waals surface area contributed by atoms with E-state index in [1.165, 1.54) is 12.5 Å². The van der Waals surface area contributed by atoms with E-state index in [4.69, 9.17) is 16.1 Å². The van der Waals surface area contributed by atoms with Crippen molar-refractivity contribution in [2.75, 3.05) is 5.32 Å². The maximum Gasteiger partial charge on any atom is 0.257 e. The molecule has 4 aromatic rings. The van der Waals surface area contributed by atoms with Crippen molar-refractivity contribution in [1.29, 1.82) is 0 Å². The van der Waals surface area contributed by atoms with Crippen LogP contribution in [0.15, 0.2) is 71.6 Å². The van der Waals surface area contributed by atoms with Crippen molar-refractivity contribution in [2.45, 2.75) is 39.7 Å². The van der Waals surface area contributed by atoms with Crippen molar-refractivity contribution >= 4 is 29.1 Å². The average Bonchev–Trinajstić information content (AvgIpc) is 3.31. The molecule has 4 rings (SSSR count). The zero-order valence-corrected chi connectivity index (χ0v) is 21.7. The van der Waals surface area contributed by atoms with E-state index in [-0.39, 0.29) is 5.56 Å². The molecule has 2 N–H and O–H groups in total. The predicted molar refractivity (Wildman–Crippen MR) is 141 cm³/mol. The van der Waals surface area contributed by atoms with E-state index in [0.29, 0.717) is 22.1 Å². The van der Waals surface area contributed by atoms with Crippen molar-refractivity contribution in [3.05, 3.63) is 105 Å². The molecule has 9 heteroatoms. The maximum atomic E-state index is 13.5. The Morgan fingerprint density at radius 3 is 2.41 bits per heavy atom. The topological polar surface area (TPSA) is 111 Å². The number of aryl methyl sites for hydroxylation is 2. The summed E-state index contributed by atoms with van der Waals surface area (Å²) in [6.07, 6.45) is 2.73. The Hall–Kier alpha value is -4.17. The highest BCUT2D eigenvalue weighted by Gasteiger charge is 2.30. The summed E-state index contributed by atoms with van der Waals surface area (Å²) in [5, 5.41) is 22.0. The molecule has 0 radical (unpaired) electrons. The smallest absolute Gasteiger partial charge is 0.257 e. The molecule has 1 unspecified atom stereocenters. The Morgan fingerprint density at radius 1 is 1.05 bits per heavy atom. The van der Waals surface area contributed by atoms with Crippen molar-refractivity contribution in [2.24, 2.45) is 0 Å². The third-order valence-corrected chi connectivity index (χ3v) is 6.79. The molecule has 190 valence electrons. The number of nitrogens with one attached hydrogen (secondary N) is 2. The van der Waals surface area contributed by atoms with Gasteiger partial charge in [-0.3, -0.25) is 9.59 Å². The van der Waals surface area contributed by atoms with Gasteiger partial charge in [-0.1, -0.05) is 54.0 Å². The van der Waals surface area contributed by atoms with Gasteiger partial charge in [0.15, 0.2) is 11.9 Å². The summed E-state index contributed by atoms with van der Waals surface area (Å²) in [5.41, 5.74) is 5.21. The van der Waals surface area contributed by atoms with E-state index in [2.05, 4.69) is 15.8 Å². The van der Waals surface area contributed by atoms with Crippen LogP contribution in [-0.2, 0) is 4.79 Å². The monoisotopic (exact) mass is 518 g/mol. The molecule has 2 aromatic heterocycles. The number of hydrogen-bond donors (Lipinski definition) is 2. The fourth-order valence-electron chi connectivity index (χ4n) is 4.32. The maximum absolute atomic E-state index is 13.5. The predicted octanol–water partition coefficient (Wildman–Crippen LogP) is 5.09. The van der Waals surface area contributed by atoms with Crippen molar-refractivity contribution in [3.8, 4) is 11.1 Å². The van der Waals surface area contributed by atoms with E-state index < -0.39 is 23.8 Å². The van der Waals surface area contributed by atoms with Crippen molar-refractivity contribution in [3.63, 3.8) is 0 Å². The van der Waals surface area contributed by atoms with Gasteiger partial charge in [-0.05, 0) is 48.7 Å². The Kier molecular flexibility index (Phi) is 7.59. The number of rotatable bonds is 7. The first kappa shape index (κ1) is 25.9. The molecular formula is C28H27ClN4O4. The van der Waals surface area contributed by atoms with Gasteiger partial charge in [-0.25, -0.2) is 0 Å². The molecule has 2 aromatic carbocycles. The molecule has 2 amide bonds. The van der Waals surface area contributed by atoms with Crippen molar-refractivity contribution < 1.29 is 18.8 Å². The molecule has 37 heavy (non-hydrogen) atoms. The second-order valence-corrected chi connectivity index (χ2v) is 9.33. The highest BCUT2D eigenvalue weighted by Crippen LogP contribution is 2.29. The lowest BCUT2D eigenvalue weighted by atomic mass is 9.92. The molecule has 0 saturated carbocycles. The van der Waals surface area contributed by atoms with Crippen LogP contribution in [0.25, 0.3) is 11.1 Å². The van der Waals surface area contributed by atoms with Gasteiger partial charge in [-0.15, -0.1) is 0 Å². The van der Waals surface area contributed by atoms with Gasteiger partial charge < -0.3 is 20.4 Å². The Morgan fingerprint density at radius 2 is 1.76 bits per heavy atom. The third-order valence-electron chi connectivity index (χ3n) is 6.45. The highest BCUT2D eigenvalue weighted by molar-refractivity contribution is 6.31. The molecular weight excluding hydrogens is 492 g/mol. The second-order valence-electron chi connectivity index (χ2n) is 8.93. The first-order valence-electron chi connectivity index (χ1n) is 11.7. The Balaban J connectivity index is 1.60. The molecule has 0 fully saturated rings.